The van der Waals surface area contributed by atoms with Crippen LogP contribution in [0.3, 0.4) is 0 Å². The maximum Gasteiger partial charge on any atom is 0.315 e. The molecular formula is C13H28N4O2. The summed E-state index contributed by atoms with van der Waals surface area (Å²) in [6, 6.07) is -1.34. The van der Waals surface area contributed by atoms with Gasteiger partial charge in [0.05, 0.1) is 0 Å². The summed E-state index contributed by atoms with van der Waals surface area (Å²) in [5.74, 6) is -0.553. The van der Waals surface area contributed by atoms with Crippen molar-refractivity contribution < 1.29 is 9.59 Å². The average Bonchev–Trinajstić information content (AvgIpc) is 2.18. The quantitative estimate of drug-likeness (QED) is 0.600. The summed E-state index contributed by atoms with van der Waals surface area (Å²) in [7, 11) is 0. The SMILES string of the molecule is CC(C)(C)[C@H](NC(=O)N[C@H](CN)C(C)(C)C)C(N)=O. The molecule has 0 fully saturated rings. The molecule has 0 aliphatic heterocycles. The third kappa shape index (κ3) is 5.92. The first kappa shape index (κ1) is 17.7. The van der Waals surface area contributed by atoms with Gasteiger partial charge in [0.15, 0.2) is 0 Å². The van der Waals surface area contributed by atoms with Crippen molar-refractivity contribution in [2.24, 2.45) is 22.3 Å². The molecule has 0 rings (SSSR count). The summed E-state index contributed by atoms with van der Waals surface area (Å²) < 4.78 is 0. The van der Waals surface area contributed by atoms with Crippen LogP contribution in [0.15, 0.2) is 0 Å². The molecule has 0 radical (unpaired) electrons. The predicted octanol–water partition coefficient (Wildman–Crippen LogP) is 0.559. The molecule has 0 saturated carbocycles. The third-order valence-corrected chi connectivity index (χ3v) is 3.01. The summed E-state index contributed by atoms with van der Waals surface area (Å²) in [6.07, 6.45) is 0. The molecule has 0 aromatic heterocycles. The van der Waals surface area contributed by atoms with Crippen LogP contribution < -0.4 is 22.1 Å². The van der Waals surface area contributed by atoms with E-state index in [9.17, 15) is 9.59 Å². The molecule has 0 aromatic rings. The average molecular weight is 272 g/mol. The molecule has 0 bridgehead atoms. The van der Waals surface area contributed by atoms with E-state index in [0.717, 1.165) is 0 Å². The molecule has 112 valence electrons. The van der Waals surface area contributed by atoms with Crippen LogP contribution in [0.1, 0.15) is 41.5 Å². The van der Waals surface area contributed by atoms with E-state index < -0.39 is 23.4 Å². The monoisotopic (exact) mass is 272 g/mol. The van der Waals surface area contributed by atoms with Gasteiger partial charge in [-0.25, -0.2) is 4.79 Å². The first-order valence-electron chi connectivity index (χ1n) is 6.46. The van der Waals surface area contributed by atoms with Crippen molar-refractivity contribution in [1.29, 1.82) is 0 Å². The highest BCUT2D eigenvalue weighted by Gasteiger charge is 2.32. The molecule has 6 heteroatoms. The van der Waals surface area contributed by atoms with E-state index in [-0.39, 0.29) is 11.5 Å². The van der Waals surface area contributed by atoms with E-state index in [1.807, 2.05) is 41.5 Å². The van der Waals surface area contributed by atoms with E-state index in [2.05, 4.69) is 10.6 Å². The number of nitrogens with one attached hydrogen (secondary N) is 2. The van der Waals surface area contributed by atoms with Crippen molar-refractivity contribution >= 4 is 11.9 Å². The number of hydrogen-bond donors (Lipinski definition) is 4. The zero-order valence-corrected chi connectivity index (χ0v) is 12.8. The van der Waals surface area contributed by atoms with Gasteiger partial charge in [-0.05, 0) is 10.8 Å². The molecule has 0 heterocycles. The van der Waals surface area contributed by atoms with Crippen molar-refractivity contribution in [3.63, 3.8) is 0 Å². The molecule has 0 spiro atoms. The summed E-state index contributed by atoms with van der Waals surface area (Å²) in [4.78, 5) is 23.3. The highest BCUT2D eigenvalue weighted by atomic mass is 16.2. The Balaban J connectivity index is 4.73. The van der Waals surface area contributed by atoms with Crippen LogP contribution in [-0.4, -0.2) is 30.6 Å². The van der Waals surface area contributed by atoms with Crippen LogP contribution in [0.5, 0.6) is 0 Å². The van der Waals surface area contributed by atoms with Crippen LogP contribution in [0.2, 0.25) is 0 Å². The number of carbonyl (C=O) groups is 2. The standard InChI is InChI=1S/C13H28N4O2/c1-12(2,3)8(7-14)16-11(19)17-9(10(15)18)13(4,5)6/h8-9H,7,14H2,1-6H3,(H2,15,18)(H2,16,17,19)/t8-,9-/m1/s1. The Kier molecular flexibility index (Phi) is 5.81. The number of nitrogens with two attached hydrogens (primary N) is 2. The van der Waals surface area contributed by atoms with Crippen molar-refractivity contribution in [1.82, 2.24) is 10.6 Å². The lowest BCUT2D eigenvalue weighted by Gasteiger charge is -2.33. The Morgan fingerprint density at radius 3 is 1.74 bits per heavy atom. The summed E-state index contributed by atoms with van der Waals surface area (Å²) in [5.41, 5.74) is 10.4. The Labute approximate surface area is 115 Å². The molecule has 0 aliphatic carbocycles. The van der Waals surface area contributed by atoms with Crippen molar-refractivity contribution in [3.05, 3.63) is 0 Å². The highest BCUT2D eigenvalue weighted by Crippen LogP contribution is 2.20. The molecule has 19 heavy (non-hydrogen) atoms. The zero-order valence-electron chi connectivity index (χ0n) is 12.8. The molecule has 0 saturated heterocycles. The van der Waals surface area contributed by atoms with Crippen LogP contribution in [0.25, 0.3) is 0 Å². The van der Waals surface area contributed by atoms with Crippen molar-refractivity contribution in [3.8, 4) is 0 Å². The Morgan fingerprint density at radius 1 is 1.00 bits per heavy atom. The lowest BCUT2D eigenvalue weighted by Crippen LogP contribution is -2.58. The number of hydrogen-bond acceptors (Lipinski definition) is 3. The van der Waals surface area contributed by atoms with E-state index in [0.29, 0.717) is 6.54 Å². The van der Waals surface area contributed by atoms with Crippen LogP contribution >= 0.6 is 0 Å². The van der Waals surface area contributed by atoms with E-state index in [4.69, 9.17) is 11.5 Å². The largest absolute Gasteiger partial charge is 0.368 e. The fourth-order valence-electron chi connectivity index (χ4n) is 1.67. The Bertz CT molecular complexity index is 329. The third-order valence-electron chi connectivity index (χ3n) is 3.01. The van der Waals surface area contributed by atoms with Crippen molar-refractivity contribution in [2.45, 2.75) is 53.6 Å². The topological polar surface area (TPSA) is 110 Å². The van der Waals surface area contributed by atoms with Gasteiger partial charge in [0.1, 0.15) is 6.04 Å². The molecule has 2 atom stereocenters. The lowest BCUT2D eigenvalue weighted by molar-refractivity contribution is -0.122. The van der Waals surface area contributed by atoms with E-state index in [1.54, 1.807) is 0 Å². The maximum atomic E-state index is 11.9. The maximum absolute atomic E-state index is 11.9. The van der Waals surface area contributed by atoms with E-state index in [1.165, 1.54) is 0 Å². The van der Waals surface area contributed by atoms with Crippen LogP contribution in [0, 0.1) is 10.8 Å². The Hall–Kier alpha value is -1.30. The lowest BCUT2D eigenvalue weighted by atomic mass is 9.86. The molecule has 0 unspecified atom stereocenters. The zero-order chi connectivity index (χ0) is 15.4. The van der Waals surface area contributed by atoms with Gasteiger partial charge in [-0.2, -0.15) is 0 Å². The molecule has 6 N–H and O–H groups in total. The van der Waals surface area contributed by atoms with Crippen molar-refractivity contribution in [2.75, 3.05) is 6.54 Å². The molecule has 6 nitrogen and oxygen atoms in total. The minimum atomic E-state index is -0.731. The normalized spacial score (nSPS) is 15.5. The fraction of sp³-hybridized carbons (Fsp3) is 0.846. The molecular weight excluding hydrogens is 244 g/mol. The van der Waals surface area contributed by atoms with Crippen LogP contribution in [-0.2, 0) is 4.79 Å². The highest BCUT2D eigenvalue weighted by molar-refractivity contribution is 5.86. The predicted molar refractivity (Wildman–Crippen MR) is 76.4 cm³/mol. The van der Waals surface area contributed by atoms with Gasteiger partial charge in [0.25, 0.3) is 0 Å². The minimum absolute atomic E-state index is 0.157. The number of amides is 3. The minimum Gasteiger partial charge on any atom is -0.368 e. The van der Waals surface area contributed by atoms with Crippen LogP contribution in [0.4, 0.5) is 4.79 Å². The first-order valence-corrected chi connectivity index (χ1v) is 6.46. The van der Waals surface area contributed by atoms with Gasteiger partial charge in [-0.1, -0.05) is 41.5 Å². The Morgan fingerprint density at radius 2 is 1.47 bits per heavy atom. The number of carbonyl (C=O) groups excluding carboxylic acids is 2. The fourth-order valence-corrected chi connectivity index (χ4v) is 1.67. The van der Waals surface area contributed by atoms with Gasteiger partial charge in [0.2, 0.25) is 5.91 Å². The van der Waals surface area contributed by atoms with Gasteiger partial charge < -0.3 is 22.1 Å². The van der Waals surface area contributed by atoms with Gasteiger partial charge in [-0.3, -0.25) is 4.79 Å². The number of rotatable bonds is 4. The molecule has 0 aliphatic rings. The van der Waals surface area contributed by atoms with Gasteiger partial charge >= 0.3 is 6.03 Å². The number of urea groups is 1. The smallest absolute Gasteiger partial charge is 0.315 e. The van der Waals surface area contributed by atoms with E-state index >= 15 is 0 Å². The molecule has 0 aromatic carbocycles. The second-order valence-corrected chi connectivity index (χ2v) is 6.97. The summed E-state index contributed by atoms with van der Waals surface area (Å²) in [5, 5.41) is 5.39. The second-order valence-electron chi connectivity index (χ2n) is 6.97. The van der Waals surface area contributed by atoms with Gasteiger partial charge in [-0.15, -0.1) is 0 Å². The first-order chi connectivity index (χ1) is 8.39. The number of primary amides is 1. The molecule has 3 amide bonds. The summed E-state index contributed by atoms with van der Waals surface area (Å²) >= 11 is 0. The second kappa shape index (κ2) is 6.23. The van der Waals surface area contributed by atoms with Gasteiger partial charge in [0, 0.05) is 12.6 Å². The summed E-state index contributed by atoms with van der Waals surface area (Å²) in [6.45, 7) is 11.8.